The fourth-order valence-electron chi connectivity index (χ4n) is 2.64. The van der Waals surface area contributed by atoms with Gasteiger partial charge in [0.15, 0.2) is 0 Å². The first-order valence-corrected chi connectivity index (χ1v) is 8.38. The molecule has 0 saturated carbocycles. The number of carbonyl (C=O) groups is 1. The van der Waals surface area contributed by atoms with E-state index in [1.165, 1.54) is 6.33 Å². The van der Waals surface area contributed by atoms with Gasteiger partial charge in [0.1, 0.15) is 17.8 Å². The van der Waals surface area contributed by atoms with E-state index in [0.29, 0.717) is 18.1 Å². The van der Waals surface area contributed by atoms with E-state index in [9.17, 15) is 4.79 Å². The monoisotopic (exact) mass is 341 g/mol. The van der Waals surface area contributed by atoms with Gasteiger partial charge in [0, 0.05) is 44.7 Å². The Kier molecular flexibility index (Phi) is 5.45. The third kappa shape index (κ3) is 4.67. The maximum absolute atomic E-state index is 12.2. The summed E-state index contributed by atoms with van der Waals surface area (Å²) in [5, 5.41) is 6.05. The molecule has 25 heavy (non-hydrogen) atoms. The molecule has 1 fully saturated rings. The number of aromatic nitrogens is 2. The average molecular weight is 341 g/mol. The van der Waals surface area contributed by atoms with Crippen molar-refractivity contribution in [2.45, 2.75) is 18.9 Å². The van der Waals surface area contributed by atoms with Gasteiger partial charge < -0.3 is 20.3 Å². The van der Waals surface area contributed by atoms with Crippen molar-refractivity contribution >= 4 is 23.1 Å². The molecule has 132 valence electrons. The zero-order chi connectivity index (χ0) is 17.6. The van der Waals surface area contributed by atoms with E-state index in [4.69, 9.17) is 4.74 Å². The second-order valence-corrected chi connectivity index (χ2v) is 6.20. The highest BCUT2D eigenvalue weighted by Crippen LogP contribution is 2.19. The van der Waals surface area contributed by atoms with Gasteiger partial charge in [-0.1, -0.05) is 0 Å². The van der Waals surface area contributed by atoms with E-state index >= 15 is 0 Å². The molecule has 2 heterocycles. The number of benzene rings is 1. The Balaban J connectivity index is 1.61. The van der Waals surface area contributed by atoms with E-state index in [1.54, 1.807) is 6.07 Å². The van der Waals surface area contributed by atoms with Crippen LogP contribution in [-0.4, -0.2) is 49.2 Å². The first kappa shape index (κ1) is 17.2. The largest absolute Gasteiger partial charge is 0.378 e. The fraction of sp³-hybridized carbons (Fsp3) is 0.389. The number of hydrogen-bond acceptors (Lipinski definition) is 6. The first-order valence-electron chi connectivity index (χ1n) is 8.38. The van der Waals surface area contributed by atoms with Crippen molar-refractivity contribution in [1.82, 2.24) is 15.3 Å². The van der Waals surface area contributed by atoms with Crippen molar-refractivity contribution in [3.63, 3.8) is 0 Å². The lowest BCUT2D eigenvalue weighted by Gasteiger charge is -2.13. The van der Waals surface area contributed by atoms with Crippen LogP contribution in [0.4, 0.5) is 17.2 Å². The molecule has 2 aromatic rings. The van der Waals surface area contributed by atoms with E-state index < -0.39 is 0 Å². The Morgan fingerprint density at radius 2 is 2.08 bits per heavy atom. The molecule has 1 aliphatic rings. The predicted octanol–water partition coefficient (Wildman–Crippen LogP) is 2.19. The van der Waals surface area contributed by atoms with Crippen LogP contribution in [0.15, 0.2) is 36.7 Å². The van der Waals surface area contributed by atoms with Crippen LogP contribution in [0.5, 0.6) is 0 Å². The van der Waals surface area contributed by atoms with Crippen molar-refractivity contribution in [3.05, 3.63) is 42.4 Å². The van der Waals surface area contributed by atoms with Crippen LogP contribution in [0.25, 0.3) is 0 Å². The number of hydrogen-bond donors (Lipinski definition) is 2. The van der Waals surface area contributed by atoms with Gasteiger partial charge in [-0.3, -0.25) is 4.79 Å². The number of nitrogens with zero attached hydrogens (tertiary/aromatic N) is 3. The lowest BCUT2D eigenvalue weighted by Crippen LogP contribution is -2.32. The summed E-state index contributed by atoms with van der Waals surface area (Å²) in [6.45, 7) is 1.28. The van der Waals surface area contributed by atoms with Crippen LogP contribution in [0.1, 0.15) is 23.3 Å². The second-order valence-electron chi connectivity index (χ2n) is 6.20. The van der Waals surface area contributed by atoms with Crippen molar-refractivity contribution in [2.24, 2.45) is 0 Å². The summed E-state index contributed by atoms with van der Waals surface area (Å²) in [6, 6.07) is 9.60. The van der Waals surface area contributed by atoms with Crippen molar-refractivity contribution < 1.29 is 9.53 Å². The van der Waals surface area contributed by atoms with Gasteiger partial charge in [0.25, 0.3) is 5.91 Å². The number of rotatable bonds is 6. The molecule has 1 aromatic heterocycles. The summed E-state index contributed by atoms with van der Waals surface area (Å²) in [7, 11) is 3.99. The van der Waals surface area contributed by atoms with Gasteiger partial charge in [-0.2, -0.15) is 0 Å². The summed E-state index contributed by atoms with van der Waals surface area (Å²) in [6.07, 6.45) is 3.53. The minimum Gasteiger partial charge on any atom is -0.378 e. The molecule has 1 atom stereocenters. The average Bonchev–Trinajstić information content (AvgIpc) is 3.14. The Hall–Kier alpha value is -2.67. The van der Waals surface area contributed by atoms with E-state index in [2.05, 4.69) is 20.6 Å². The van der Waals surface area contributed by atoms with Crippen LogP contribution >= 0.6 is 0 Å². The lowest BCUT2D eigenvalue weighted by atomic mass is 10.2. The fourth-order valence-corrected chi connectivity index (χ4v) is 2.64. The molecule has 7 heteroatoms. The number of nitrogens with one attached hydrogen (secondary N) is 2. The lowest BCUT2D eigenvalue weighted by molar-refractivity contribution is 0.0853. The molecule has 0 bridgehead atoms. The van der Waals surface area contributed by atoms with Crippen LogP contribution < -0.4 is 15.5 Å². The highest BCUT2D eigenvalue weighted by Gasteiger charge is 2.17. The third-order valence-electron chi connectivity index (χ3n) is 4.07. The second kappa shape index (κ2) is 7.94. The minimum absolute atomic E-state index is 0.110. The summed E-state index contributed by atoms with van der Waals surface area (Å²) < 4.78 is 5.51. The van der Waals surface area contributed by atoms with Crippen molar-refractivity contribution in [2.75, 3.05) is 37.5 Å². The minimum atomic E-state index is -0.219. The van der Waals surface area contributed by atoms with Gasteiger partial charge >= 0.3 is 0 Å². The van der Waals surface area contributed by atoms with Gasteiger partial charge in [-0.05, 0) is 37.1 Å². The standard InChI is InChI=1S/C18H23N5O2/c1-23(2)14-7-5-13(6-8-14)22-17-10-16(20-12-21-17)18(24)19-11-15-4-3-9-25-15/h5-8,10,12,15H,3-4,9,11H2,1-2H3,(H,19,24)(H,20,21,22). The molecule has 7 nitrogen and oxygen atoms in total. The highest BCUT2D eigenvalue weighted by atomic mass is 16.5. The molecule has 0 spiro atoms. The van der Waals surface area contributed by atoms with Crippen LogP contribution in [0.3, 0.4) is 0 Å². The highest BCUT2D eigenvalue weighted by molar-refractivity contribution is 5.93. The smallest absolute Gasteiger partial charge is 0.270 e. The molecule has 1 aromatic carbocycles. The molecule has 1 amide bonds. The summed E-state index contributed by atoms with van der Waals surface area (Å²) in [5.74, 6) is 0.360. The zero-order valence-electron chi connectivity index (χ0n) is 14.5. The van der Waals surface area contributed by atoms with Crippen LogP contribution in [0, 0.1) is 0 Å². The summed E-state index contributed by atoms with van der Waals surface area (Å²) in [5.41, 5.74) is 2.35. The van der Waals surface area contributed by atoms with Crippen molar-refractivity contribution in [3.8, 4) is 0 Å². The van der Waals surface area contributed by atoms with E-state index in [1.807, 2.05) is 43.3 Å². The molecule has 0 radical (unpaired) electrons. The normalized spacial score (nSPS) is 16.5. The maximum Gasteiger partial charge on any atom is 0.270 e. The van der Waals surface area contributed by atoms with Crippen LogP contribution in [-0.2, 0) is 4.74 Å². The SMILES string of the molecule is CN(C)c1ccc(Nc2cc(C(=O)NCC3CCCO3)ncn2)cc1. The molecule has 2 N–H and O–H groups in total. The Morgan fingerprint density at radius 1 is 1.28 bits per heavy atom. The molecule has 1 aliphatic heterocycles. The van der Waals surface area contributed by atoms with Gasteiger partial charge in [-0.25, -0.2) is 9.97 Å². The van der Waals surface area contributed by atoms with Gasteiger partial charge in [0.2, 0.25) is 0 Å². The summed E-state index contributed by atoms with van der Waals surface area (Å²) >= 11 is 0. The zero-order valence-corrected chi connectivity index (χ0v) is 14.5. The maximum atomic E-state index is 12.2. The van der Waals surface area contributed by atoms with E-state index in [0.717, 1.165) is 30.8 Å². The Labute approximate surface area is 147 Å². The molecule has 3 rings (SSSR count). The third-order valence-corrected chi connectivity index (χ3v) is 4.07. The molecule has 1 saturated heterocycles. The quantitative estimate of drug-likeness (QED) is 0.838. The molecular formula is C18H23N5O2. The van der Waals surface area contributed by atoms with Crippen LogP contribution in [0.2, 0.25) is 0 Å². The van der Waals surface area contributed by atoms with Gasteiger partial charge in [0.05, 0.1) is 6.10 Å². The Bertz CT molecular complexity index is 712. The number of ether oxygens (including phenoxy) is 1. The van der Waals surface area contributed by atoms with Gasteiger partial charge in [-0.15, -0.1) is 0 Å². The number of carbonyl (C=O) groups excluding carboxylic acids is 1. The molecular weight excluding hydrogens is 318 g/mol. The molecule has 0 aliphatic carbocycles. The summed E-state index contributed by atoms with van der Waals surface area (Å²) in [4.78, 5) is 22.5. The number of amides is 1. The number of anilines is 3. The van der Waals surface area contributed by atoms with Crippen molar-refractivity contribution in [1.29, 1.82) is 0 Å². The predicted molar refractivity (Wildman–Crippen MR) is 97.4 cm³/mol. The molecule has 1 unspecified atom stereocenters. The van der Waals surface area contributed by atoms with E-state index in [-0.39, 0.29) is 12.0 Å². The first-order chi connectivity index (χ1) is 12.1. The topological polar surface area (TPSA) is 79.4 Å². The Morgan fingerprint density at radius 3 is 2.76 bits per heavy atom.